The predicted octanol–water partition coefficient (Wildman–Crippen LogP) is 1.14. The highest BCUT2D eigenvalue weighted by molar-refractivity contribution is 5.84. The summed E-state index contributed by atoms with van der Waals surface area (Å²) >= 11 is 0. The number of carbonyl (C=O) groups excluding carboxylic acids is 1. The van der Waals surface area contributed by atoms with Gasteiger partial charge in [-0.1, -0.05) is 12.1 Å². The maximum absolute atomic E-state index is 11.5. The van der Waals surface area contributed by atoms with Crippen LogP contribution in [0.25, 0.3) is 0 Å². The Balaban J connectivity index is 2.15. The van der Waals surface area contributed by atoms with E-state index in [9.17, 15) is 4.79 Å². The van der Waals surface area contributed by atoms with Gasteiger partial charge in [0.1, 0.15) is 11.8 Å². The predicted molar refractivity (Wildman–Crippen MR) is 68.6 cm³/mol. The van der Waals surface area contributed by atoms with E-state index in [1.807, 2.05) is 24.3 Å². The van der Waals surface area contributed by atoms with E-state index in [0.29, 0.717) is 12.4 Å². The van der Waals surface area contributed by atoms with Crippen molar-refractivity contribution < 1.29 is 14.3 Å². The monoisotopic (exact) mass is 250 g/mol. The van der Waals surface area contributed by atoms with E-state index in [0.717, 1.165) is 18.5 Å². The molecule has 18 heavy (non-hydrogen) atoms. The molecule has 98 valence electrons. The number of rotatable bonds is 5. The molecule has 0 aromatic heterocycles. The summed E-state index contributed by atoms with van der Waals surface area (Å²) in [5.41, 5.74) is 6.18. The third kappa shape index (κ3) is 2.73. The first-order valence-corrected chi connectivity index (χ1v) is 6.03. The summed E-state index contributed by atoms with van der Waals surface area (Å²) in [5, 5.41) is 3.12. The van der Waals surface area contributed by atoms with Gasteiger partial charge in [0.15, 0.2) is 0 Å². The zero-order chi connectivity index (χ0) is 13.0. The molecule has 0 radical (unpaired) electrons. The molecule has 0 saturated carbocycles. The molecule has 1 aliphatic heterocycles. The number of para-hydroxylation sites is 2. The third-order valence-electron chi connectivity index (χ3n) is 3.06. The minimum absolute atomic E-state index is 0.160. The van der Waals surface area contributed by atoms with Crippen LogP contribution in [0.4, 0.5) is 5.69 Å². The zero-order valence-corrected chi connectivity index (χ0v) is 10.4. The van der Waals surface area contributed by atoms with E-state index in [4.69, 9.17) is 15.2 Å². The van der Waals surface area contributed by atoms with Crippen LogP contribution in [-0.2, 0) is 9.53 Å². The molecule has 1 aromatic carbocycles. The Labute approximate surface area is 106 Å². The Bertz CT molecular complexity index is 416. The van der Waals surface area contributed by atoms with Gasteiger partial charge in [-0.05, 0) is 25.0 Å². The highest BCUT2D eigenvalue weighted by atomic mass is 16.5. The standard InChI is InChI=1S/C13H18N2O3/c1-17-10-6-3-2-5-9(10)15-12(13(14)16)11-7-4-8-18-11/h2-3,5-6,11-12,15H,4,7-8H2,1H3,(H2,14,16). The van der Waals surface area contributed by atoms with Crippen molar-refractivity contribution in [2.24, 2.45) is 5.73 Å². The van der Waals surface area contributed by atoms with Crippen molar-refractivity contribution in [2.45, 2.75) is 25.0 Å². The van der Waals surface area contributed by atoms with Crippen LogP contribution in [0.1, 0.15) is 12.8 Å². The molecule has 5 nitrogen and oxygen atoms in total. The smallest absolute Gasteiger partial charge is 0.242 e. The lowest BCUT2D eigenvalue weighted by atomic mass is 10.1. The molecule has 1 amide bonds. The van der Waals surface area contributed by atoms with Gasteiger partial charge >= 0.3 is 0 Å². The molecule has 0 bridgehead atoms. The maximum atomic E-state index is 11.5. The molecule has 2 rings (SSSR count). The molecule has 1 saturated heterocycles. The average Bonchev–Trinajstić information content (AvgIpc) is 2.89. The average molecular weight is 250 g/mol. The van der Waals surface area contributed by atoms with Gasteiger partial charge in [0.25, 0.3) is 0 Å². The molecule has 0 spiro atoms. The van der Waals surface area contributed by atoms with Gasteiger partial charge in [0, 0.05) is 6.61 Å². The quantitative estimate of drug-likeness (QED) is 0.822. The molecular weight excluding hydrogens is 232 g/mol. The first-order chi connectivity index (χ1) is 8.72. The fraction of sp³-hybridized carbons (Fsp3) is 0.462. The molecule has 1 fully saturated rings. The fourth-order valence-electron chi connectivity index (χ4n) is 2.14. The van der Waals surface area contributed by atoms with Gasteiger partial charge in [0.2, 0.25) is 5.91 Å². The first-order valence-electron chi connectivity index (χ1n) is 6.03. The van der Waals surface area contributed by atoms with E-state index in [1.165, 1.54) is 0 Å². The Morgan fingerprint density at radius 1 is 1.56 bits per heavy atom. The van der Waals surface area contributed by atoms with Crippen LogP contribution in [0.3, 0.4) is 0 Å². The van der Waals surface area contributed by atoms with Crippen LogP contribution in [0.15, 0.2) is 24.3 Å². The minimum atomic E-state index is -0.524. The highest BCUT2D eigenvalue weighted by Crippen LogP contribution is 2.26. The summed E-state index contributed by atoms with van der Waals surface area (Å²) in [7, 11) is 1.59. The van der Waals surface area contributed by atoms with Gasteiger partial charge in [-0.25, -0.2) is 0 Å². The topological polar surface area (TPSA) is 73.6 Å². The van der Waals surface area contributed by atoms with Gasteiger partial charge in [-0.3, -0.25) is 4.79 Å². The van der Waals surface area contributed by atoms with Crippen LogP contribution in [-0.4, -0.2) is 31.8 Å². The molecule has 0 aliphatic carbocycles. The number of hydrogen-bond acceptors (Lipinski definition) is 4. The van der Waals surface area contributed by atoms with Crippen molar-refractivity contribution in [3.63, 3.8) is 0 Å². The lowest BCUT2D eigenvalue weighted by Gasteiger charge is -2.23. The summed E-state index contributed by atoms with van der Waals surface area (Å²) in [6, 6.07) is 6.90. The van der Waals surface area contributed by atoms with Gasteiger partial charge in [-0.2, -0.15) is 0 Å². The number of primary amides is 1. The van der Waals surface area contributed by atoms with Crippen LogP contribution < -0.4 is 15.8 Å². The molecular formula is C13H18N2O3. The maximum Gasteiger partial charge on any atom is 0.242 e. The van der Waals surface area contributed by atoms with Gasteiger partial charge in [-0.15, -0.1) is 0 Å². The lowest BCUT2D eigenvalue weighted by molar-refractivity contribution is -0.121. The number of amides is 1. The van der Waals surface area contributed by atoms with Crippen LogP contribution in [0.5, 0.6) is 5.75 Å². The third-order valence-corrected chi connectivity index (χ3v) is 3.06. The van der Waals surface area contributed by atoms with Crippen molar-refractivity contribution in [3.8, 4) is 5.75 Å². The minimum Gasteiger partial charge on any atom is -0.495 e. The Morgan fingerprint density at radius 3 is 2.94 bits per heavy atom. The second-order valence-electron chi connectivity index (χ2n) is 4.28. The molecule has 1 aromatic rings. The highest BCUT2D eigenvalue weighted by Gasteiger charge is 2.30. The van der Waals surface area contributed by atoms with Crippen LogP contribution >= 0.6 is 0 Å². The number of benzene rings is 1. The van der Waals surface area contributed by atoms with E-state index in [1.54, 1.807) is 7.11 Å². The number of ether oxygens (including phenoxy) is 2. The number of carbonyl (C=O) groups is 1. The molecule has 3 N–H and O–H groups in total. The Hall–Kier alpha value is -1.75. The SMILES string of the molecule is COc1ccccc1NC(C(N)=O)C1CCCO1. The summed E-state index contributed by atoms with van der Waals surface area (Å²) in [4.78, 5) is 11.5. The largest absolute Gasteiger partial charge is 0.495 e. The van der Waals surface area contributed by atoms with Gasteiger partial charge < -0.3 is 20.5 Å². The van der Waals surface area contributed by atoms with Crippen molar-refractivity contribution in [3.05, 3.63) is 24.3 Å². The van der Waals surface area contributed by atoms with Crippen molar-refractivity contribution in [1.29, 1.82) is 0 Å². The number of nitrogens with two attached hydrogens (primary N) is 1. The molecule has 1 aliphatic rings. The first kappa shape index (κ1) is 12.7. The fourth-order valence-corrected chi connectivity index (χ4v) is 2.14. The van der Waals surface area contributed by atoms with Gasteiger partial charge in [0.05, 0.1) is 18.9 Å². The summed E-state index contributed by atoms with van der Waals surface area (Å²) in [6.45, 7) is 0.683. The van der Waals surface area contributed by atoms with Crippen molar-refractivity contribution in [2.75, 3.05) is 19.0 Å². The number of hydrogen-bond donors (Lipinski definition) is 2. The summed E-state index contributed by atoms with van der Waals surface area (Å²) < 4.78 is 10.8. The number of nitrogens with one attached hydrogen (secondary N) is 1. The number of methoxy groups -OCH3 is 1. The van der Waals surface area contributed by atoms with Crippen molar-refractivity contribution in [1.82, 2.24) is 0 Å². The van der Waals surface area contributed by atoms with Crippen LogP contribution in [0.2, 0.25) is 0 Å². The zero-order valence-electron chi connectivity index (χ0n) is 10.4. The second-order valence-corrected chi connectivity index (χ2v) is 4.28. The van der Waals surface area contributed by atoms with E-state index in [-0.39, 0.29) is 6.10 Å². The summed E-state index contributed by atoms with van der Waals surface area (Å²) in [5.74, 6) is 0.273. The summed E-state index contributed by atoms with van der Waals surface area (Å²) in [6.07, 6.45) is 1.64. The normalized spacial score (nSPS) is 20.4. The van der Waals surface area contributed by atoms with E-state index >= 15 is 0 Å². The van der Waals surface area contributed by atoms with Crippen molar-refractivity contribution >= 4 is 11.6 Å². The lowest BCUT2D eigenvalue weighted by Crippen LogP contribution is -2.44. The Morgan fingerprint density at radius 2 is 2.33 bits per heavy atom. The second kappa shape index (κ2) is 5.73. The number of anilines is 1. The molecule has 1 heterocycles. The Kier molecular flexibility index (Phi) is 4.04. The molecule has 5 heteroatoms. The molecule has 2 unspecified atom stereocenters. The molecule has 2 atom stereocenters. The van der Waals surface area contributed by atoms with Crippen LogP contribution in [0, 0.1) is 0 Å². The van der Waals surface area contributed by atoms with E-state index in [2.05, 4.69) is 5.32 Å². The van der Waals surface area contributed by atoms with E-state index < -0.39 is 11.9 Å².